The van der Waals surface area contributed by atoms with Gasteiger partial charge in [-0.1, -0.05) is 6.42 Å². The van der Waals surface area contributed by atoms with Crippen LogP contribution in [0.2, 0.25) is 0 Å². The van der Waals surface area contributed by atoms with Gasteiger partial charge in [0.05, 0.1) is 0 Å². The normalized spacial score (nSPS) is 29.8. The molecule has 2 heterocycles. The van der Waals surface area contributed by atoms with Gasteiger partial charge in [-0.25, -0.2) is 4.79 Å². The van der Waals surface area contributed by atoms with E-state index < -0.39 is 6.16 Å². The summed E-state index contributed by atoms with van der Waals surface area (Å²) in [6, 6.07) is 0. The van der Waals surface area contributed by atoms with Gasteiger partial charge in [0.15, 0.2) is 6.10 Å². The van der Waals surface area contributed by atoms with Crippen LogP contribution in [0.5, 0.6) is 0 Å². The highest BCUT2D eigenvalue weighted by atomic mass is 16.8. The zero-order valence-electron chi connectivity index (χ0n) is 7.70. The monoisotopic (exact) mass is 185 g/mol. The highest BCUT2D eigenvalue weighted by Crippen LogP contribution is 2.13. The van der Waals surface area contributed by atoms with Crippen LogP contribution < -0.4 is 0 Å². The number of cyclic esters (lactones) is 2. The van der Waals surface area contributed by atoms with E-state index in [0.29, 0.717) is 6.61 Å². The second kappa shape index (κ2) is 3.96. The average molecular weight is 185 g/mol. The maximum absolute atomic E-state index is 10.6. The van der Waals surface area contributed by atoms with E-state index in [4.69, 9.17) is 9.47 Å². The van der Waals surface area contributed by atoms with Crippen LogP contribution in [0.25, 0.3) is 0 Å². The Labute approximate surface area is 77.8 Å². The van der Waals surface area contributed by atoms with Crippen molar-refractivity contribution < 1.29 is 14.3 Å². The molecule has 2 saturated heterocycles. The minimum Gasteiger partial charge on any atom is -0.430 e. The van der Waals surface area contributed by atoms with Gasteiger partial charge >= 0.3 is 6.16 Å². The maximum Gasteiger partial charge on any atom is 0.508 e. The largest absolute Gasteiger partial charge is 0.508 e. The topological polar surface area (TPSA) is 38.8 Å². The third kappa shape index (κ3) is 2.34. The van der Waals surface area contributed by atoms with Gasteiger partial charge in [-0.15, -0.1) is 0 Å². The van der Waals surface area contributed by atoms with E-state index >= 15 is 0 Å². The molecule has 74 valence electrons. The first-order valence-electron chi connectivity index (χ1n) is 4.90. The number of carbonyl (C=O) groups is 1. The summed E-state index contributed by atoms with van der Waals surface area (Å²) < 4.78 is 9.68. The van der Waals surface area contributed by atoms with Crippen molar-refractivity contribution in [2.24, 2.45) is 0 Å². The molecule has 0 radical (unpaired) electrons. The van der Waals surface area contributed by atoms with Gasteiger partial charge in [0.1, 0.15) is 6.61 Å². The number of nitrogens with zero attached hydrogens (tertiary/aromatic N) is 1. The zero-order valence-corrected chi connectivity index (χ0v) is 7.70. The van der Waals surface area contributed by atoms with Crippen LogP contribution in [0, 0.1) is 0 Å². The third-order valence-corrected chi connectivity index (χ3v) is 2.56. The smallest absolute Gasteiger partial charge is 0.430 e. The summed E-state index contributed by atoms with van der Waals surface area (Å²) in [7, 11) is 0. The number of hydrogen-bond donors (Lipinski definition) is 0. The van der Waals surface area contributed by atoms with Crippen molar-refractivity contribution >= 4 is 6.16 Å². The Bertz CT molecular complexity index is 189. The molecule has 2 fully saturated rings. The van der Waals surface area contributed by atoms with Crippen molar-refractivity contribution in [3.8, 4) is 0 Å². The van der Waals surface area contributed by atoms with Crippen LogP contribution in [0.1, 0.15) is 19.3 Å². The lowest BCUT2D eigenvalue weighted by Crippen LogP contribution is -2.37. The van der Waals surface area contributed by atoms with Crippen molar-refractivity contribution in [1.29, 1.82) is 0 Å². The predicted molar refractivity (Wildman–Crippen MR) is 46.5 cm³/mol. The minimum absolute atomic E-state index is 0.0365. The molecule has 0 aromatic rings. The number of rotatable bonds is 2. The number of ether oxygens (including phenoxy) is 2. The summed E-state index contributed by atoms with van der Waals surface area (Å²) in [4.78, 5) is 13.0. The molecule has 1 atom stereocenters. The van der Waals surface area contributed by atoms with E-state index in [1.807, 2.05) is 0 Å². The van der Waals surface area contributed by atoms with Crippen molar-refractivity contribution in [3.63, 3.8) is 0 Å². The molecule has 0 aromatic heterocycles. The highest BCUT2D eigenvalue weighted by Gasteiger charge is 2.27. The van der Waals surface area contributed by atoms with Crippen LogP contribution >= 0.6 is 0 Å². The molecule has 4 nitrogen and oxygen atoms in total. The molecule has 0 aromatic carbocycles. The molecule has 4 heteroatoms. The molecule has 0 saturated carbocycles. The van der Waals surface area contributed by atoms with E-state index in [9.17, 15) is 4.79 Å². The van der Waals surface area contributed by atoms with E-state index in [1.165, 1.54) is 19.3 Å². The first kappa shape index (κ1) is 8.81. The molecule has 0 bridgehead atoms. The van der Waals surface area contributed by atoms with E-state index in [0.717, 1.165) is 19.6 Å². The Hall–Kier alpha value is -0.770. The Morgan fingerprint density at radius 1 is 1.31 bits per heavy atom. The highest BCUT2D eigenvalue weighted by molar-refractivity contribution is 5.61. The molecule has 2 aliphatic heterocycles. The van der Waals surface area contributed by atoms with Crippen molar-refractivity contribution in [2.45, 2.75) is 25.4 Å². The predicted octanol–water partition coefficient (Wildman–Crippen LogP) is 1.01. The molecule has 2 rings (SSSR count). The van der Waals surface area contributed by atoms with Crippen molar-refractivity contribution in [3.05, 3.63) is 0 Å². The summed E-state index contributed by atoms with van der Waals surface area (Å²) in [5.74, 6) is 0. The Balaban J connectivity index is 1.73. The number of piperidine rings is 1. The molecule has 0 spiro atoms. The summed E-state index contributed by atoms with van der Waals surface area (Å²) >= 11 is 0. The molecule has 0 aliphatic carbocycles. The lowest BCUT2D eigenvalue weighted by Gasteiger charge is -2.27. The molecular formula is C9H15NO3. The second-order valence-corrected chi connectivity index (χ2v) is 3.66. The van der Waals surface area contributed by atoms with E-state index in [1.54, 1.807) is 0 Å². The standard InChI is InChI=1S/C9H15NO3/c11-9-12-7-8(13-9)6-10-4-2-1-3-5-10/h8H,1-7H2/t8-/m1/s1. The molecule has 0 N–H and O–H groups in total. The first-order valence-corrected chi connectivity index (χ1v) is 4.90. The van der Waals surface area contributed by atoms with Gasteiger partial charge in [0.2, 0.25) is 0 Å². The Kier molecular flexibility index (Phi) is 2.68. The summed E-state index contributed by atoms with van der Waals surface area (Å²) in [5, 5.41) is 0. The van der Waals surface area contributed by atoms with E-state index in [2.05, 4.69) is 4.90 Å². The van der Waals surface area contributed by atoms with Crippen LogP contribution in [0.3, 0.4) is 0 Å². The minimum atomic E-state index is -0.512. The lowest BCUT2D eigenvalue weighted by molar-refractivity contribution is 0.0957. The molecule has 2 aliphatic rings. The number of carbonyl (C=O) groups excluding carboxylic acids is 1. The fourth-order valence-corrected chi connectivity index (χ4v) is 1.89. The van der Waals surface area contributed by atoms with Gasteiger partial charge < -0.3 is 9.47 Å². The zero-order chi connectivity index (χ0) is 9.10. The Morgan fingerprint density at radius 3 is 2.69 bits per heavy atom. The summed E-state index contributed by atoms with van der Waals surface area (Å²) in [6.07, 6.45) is 3.31. The van der Waals surface area contributed by atoms with Crippen molar-refractivity contribution in [2.75, 3.05) is 26.2 Å². The van der Waals surface area contributed by atoms with Gasteiger partial charge in [0, 0.05) is 6.54 Å². The summed E-state index contributed by atoms with van der Waals surface area (Å²) in [6.45, 7) is 3.53. The summed E-state index contributed by atoms with van der Waals surface area (Å²) in [5.41, 5.74) is 0. The van der Waals surface area contributed by atoms with Crippen LogP contribution in [0.15, 0.2) is 0 Å². The van der Waals surface area contributed by atoms with Gasteiger partial charge in [-0.2, -0.15) is 0 Å². The fraction of sp³-hybridized carbons (Fsp3) is 0.889. The molecule has 13 heavy (non-hydrogen) atoms. The fourth-order valence-electron chi connectivity index (χ4n) is 1.89. The van der Waals surface area contributed by atoms with Gasteiger partial charge in [-0.05, 0) is 25.9 Å². The van der Waals surface area contributed by atoms with Gasteiger partial charge in [-0.3, -0.25) is 4.90 Å². The third-order valence-electron chi connectivity index (χ3n) is 2.56. The van der Waals surface area contributed by atoms with Crippen molar-refractivity contribution in [1.82, 2.24) is 4.90 Å². The van der Waals surface area contributed by atoms with Crippen LogP contribution in [-0.4, -0.2) is 43.4 Å². The molecule has 0 amide bonds. The van der Waals surface area contributed by atoms with Crippen LogP contribution in [-0.2, 0) is 9.47 Å². The lowest BCUT2D eigenvalue weighted by atomic mass is 10.1. The first-order chi connectivity index (χ1) is 6.34. The number of hydrogen-bond acceptors (Lipinski definition) is 4. The maximum atomic E-state index is 10.6. The molecular weight excluding hydrogens is 170 g/mol. The molecule has 0 unspecified atom stereocenters. The van der Waals surface area contributed by atoms with E-state index in [-0.39, 0.29) is 6.10 Å². The quantitative estimate of drug-likeness (QED) is 0.602. The average Bonchev–Trinajstić information content (AvgIpc) is 2.53. The number of likely N-dealkylation sites (tertiary alicyclic amines) is 1. The Morgan fingerprint density at radius 2 is 2.08 bits per heavy atom. The van der Waals surface area contributed by atoms with Crippen LogP contribution in [0.4, 0.5) is 4.79 Å². The second-order valence-electron chi connectivity index (χ2n) is 3.66. The SMILES string of the molecule is O=C1OC[C@@H](CN2CCCCC2)O1. The van der Waals surface area contributed by atoms with Gasteiger partial charge in [0.25, 0.3) is 0 Å².